The molecule has 0 fully saturated rings. The van der Waals surface area contributed by atoms with Crippen LogP contribution in [0.3, 0.4) is 0 Å². The van der Waals surface area contributed by atoms with Crippen molar-refractivity contribution in [2.24, 2.45) is 0 Å². The Kier molecular flexibility index (Phi) is 7.84. The van der Waals surface area contributed by atoms with Gasteiger partial charge in [0.25, 0.3) is 0 Å². The van der Waals surface area contributed by atoms with Gasteiger partial charge in [0.2, 0.25) is 0 Å². The lowest BCUT2D eigenvalue weighted by Crippen LogP contribution is -1.93. The van der Waals surface area contributed by atoms with Crippen molar-refractivity contribution in [1.82, 2.24) is 14.5 Å². The fourth-order valence-corrected chi connectivity index (χ4v) is 9.50. The molecule has 63 heavy (non-hydrogen) atoms. The van der Waals surface area contributed by atoms with E-state index in [1.807, 2.05) is 24.5 Å². The second-order valence-corrected chi connectivity index (χ2v) is 16.2. The molecule has 0 amide bonds. The van der Waals surface area contributed by atoms with E-state index in [0.717, 1.165) is 77.4 Å². The quantitative estimate of drug-likeness (QED) is 0.168. The molecule has 5 heterocycles. The van der Waals surface area contributed by atoms with Gasteiger partial charge in [-0.05, 0) is 147 Å². The second-order valence-electron chi connectivity index (χ2n) is 16.2. The average molecular weight is 806 g/mol. The van der Waals surface area contributed by atoms with Crippen LogP contribution in [-0.2, 0) is 0 Å². The number of nitrogens with zero attached hydrogens (tertiary/aromatic N) is 3. The van der Waals surface area contributed by atoms with Crippen molar-refractivity contribution in [2.75, 3.05) is 0 Å². The standard InChI is InChI=1S/C58H35N3O2/c1-2-13-46(14-3-1)61-53-19-15-42(38-9-4-7-36(27-38)37-8-5-11-40(28-37)44-17-21-55-51(32-44)47-23-25-59-34-57(47)62-55)30-49(53)50-31-43(16-20-54(50)61)39-10-6-12-41(29-39)45-18-22-56-52(33-45)48-24-26-60-35-58(48)63-56/h1-35H. The Labute approximate surface area is 361 Å². The number of furan rings is 2. The molecule has 5 aromatic heterocycles. The summed E-state index contributed by atoms with van der Waals surface area (Å²) in [7, 11) is 0. The molecule has 13 rings (SSSR count). The molecule has 0 bridgehead atoms. The molecule has 0 saturated carbocycles. The third-order valence-electron chi connectivity index (χ3n) is 12.6. The van der Waals surface area contributed by atoms with E-state index in [9.17, 15) is 0 Å². The van der Waals surface area contributed by atoms with E-state index in [1.54, 1.807) is 12.4 Å². The van der Waals surface area contributed by atoms with Gasteiger partial charge in [0.05, 0.1) is 23.4 Å². The van der Waals surface area contributed by atoms with Gasteiger partial charge >= 0.3 is 0 Å². The number of benzene rings is 8. The van der Waals surface area contributed by atoms with Crippen LogP contribution in [0.5, 0.6) is 0 Å². The van der Waals surface area contributed by atoms with E-state index in [1.165, 1.54) is 49.6 Å². The second kappa shape index (κ2) is 14.0. The molecule has 0 aliphatic heterocycles. The van der Waals surface area contributed by atoms with Crippen LogP contribution in [-0.4, -0.2) is 14.5 Å². The molecule has 5 heteroatoms. The van der Waals surface area contributed by atoms with Crippen molar-refractivity contribution >= 4 is 65.7 Å². The summed E-state index contributed by atoms with van der Waals surface area (Å²) >= 11 is 0. The SMILES string of the molecule is c1ccc(-n2c3ccc(-c4cccc(-c5cccc(-c6ccc7oc8cnccc8c7c6)c5)c4)cc3c3cc(-c4cccc(-c5ccc6oc7cnccc7c6c5)c4)ccc32)cc1. The third kappa shape index (κ3) is 5.86. The van der Waals surface area contributed by atoms with Gasteiger partial charge < -0.3 is 13.4 Å². The molecule has 13 aromatic rings. The van der Waals surface area contributed by atoms with E-state index in [0.29, 0.717) is 0 Å². The normalized spacial score (nSPS) is 11.8. The largest absolute Gasteiger partial charge is 0.454 e. The molecule has 8 aromatic carbocycles. The Bertz CT molecular complexity index is 3930. The van der Waals surface area contributed by atoms with Gasteiger partial charge in [-0.1, -0.05) is 97.1 Å². The number of fused-ring (bicyclic) bond motifs is 9. The van der Waals surface area contributed by atoms with E-state index >= 15 is 0 Å². The van der Waals surface area contributed by atoms with Gasteiger partial charge in [-0.25, -0.2) is 0 Å². The van der Waals surface area contributed by atoms with Gasteiger partial charge in [-0.3, -0.25) is 9.97 Å². The van der Waals surface area contributed by atoms with Crippen LogP contribution in [0.2, 0.25) is 0 Å². The van der Waals surface area contributed by atoms with Crippen LogP contribution in [0.15, 0.2) is 222 Å². The van der Waals surface area contributed by atoms with E-state index in [4.69, 9.17) is 8.83 Å². The topological polar surface area (TPSA) is 57.0 Å². The number of pyridine rings is 2. The van der Waals surface area contributed by atoms with Gasteiger partial charge in [0.15, 0.2) is 11.2 Å². The number of hydrogen-bond donors (Lipinski definition) is 0. The van der Waals surface area contributed by atoms with E-state index < -0.39 is 0 Å². The maximum atomic E-state index is 6.08. The first kappa shape index (κ1) is 35.2. The molecule has 5 nitrogen and oxygen atoms in total. The van der Waals surface area contributed by atoms with E-state index in [-0.39, 0.29) is 0 Å². The highest BCUT2D eigenvalue weighted by molar-refractivity contribution is 6.12. The summed E-state index contributed by atoms with van der Waals surface area (Å²) < 4.78 is 14.5. The fraction of sp³-hybridized carbons (Fsp3) is 0. The Morgan fingerprint density at radius 2 is 0.667 bits per heavy atom. The van der Waals surface area contributed by atoms with Crippen LogP contribution < -0.4 is 0 Å². The molecule has 0 atom stereocenters. The fourth-order valence-electron chi connectivity index (χ4n) is 9.50. The van der Waals surface area contributed by atoms with Crippen LogP contribution in [0.1, 0.15) is 0 Å². The van der Waals surface area contributed by atoms with Crippen molar-refractivity contribution in [3.8, 4) is 61.3 Å². The Balaban J connectivity index is 0.896. The number of aromatic nitrogens is 3. The van der Waals surface area contributed by atoms with Crippen LogP contribution in [0.25, 0.3) is 127 Å². The molecule has 0 N–H and O–H groups in total. The minimum absolute atomic E-state index is 0.801. The molecular weight excluding hydrogens is 771 g/mol. The zero-order valence-corrected chi connectivity index (χ0v) is 33.9. The first-order valence-corrected chi connectivity index (χ1v) is 21.2. The van der Waals surface area contributed by atoms with Gasteiger partial charge in [-0.15, -0.1) is 0 Å². The molecule has 0 radical (unpaired) electrons. The highest BCUT2D eigenvalue weighted by Crippen LogP contribution is 2.40. The first-order valence-electron chi connectivity index (χ1n) is 21.2. The Morgan fingerprint density at radius 3 is 1.10 bits per heavy atom. The predicted octanol–water partition coefficient (Wildman–Crippen LogP) is 15.7. The average Bonchev–Trinajstić information content (AvgIpc) is 4.03. The van der Waals surface area contributed by atoms with Crippen LogP contribution in [0, 0.1) is 0 Å². The number of rotatable bonds is 6. The summed E-state index contributed by atoms with van der Waals surface area (Å²) in [6.45, 7) is 0. The maximum absolute atomic E-state index is 6.08. The predicted molar refractivity (Wildman–Crippen MR) is 258 cm³/mol. The summed E-state index contributed by atoms with van der Waals surface area (Å²) in [4.78, 5) is 8.50. The zero-order valence-electron chi connectivity index (χ0n) is 33.9. The first-order chi connectivity index (χ1) is 31.2. The molecule has 0 aliphatic carbocycles. The molecule has 0 unspecified atom stereocenters. The molecule has 294 valence electrons. The van der Waals surface area contributed by atoms with Crippen molar-refractivity contribution in [3.05, 3.63) is 213 Å². The van der Waals surface area contributed by atoms with Crippen LogP contribution in [0.4, 0.5) is 0 Å². The van der Waals surface area contributed by atoms with Gasteiger partial charge in [-0.2, -0.15) is 0 Å². The minimum atomic E-state index is 0.801. The lowest BCUT2D eigenvalue weighted by atomic mass is 9.95. The maximum Gasteiger partial charge on any atom is 0.153 e. The molecule has 0 aliphatic rings. The van der Waals surface area contributed by atoms with Gasteiger partial charge in [0.1, 0.15) is 11.2 Å². The summed E-state index contributed by atoms with van der Waals surface area (Å²) in [6.07, 6.45) is 7.20. The lowest BCUT2D eigenvalue weighted by molar-refractivity contribution is 0.666. The zero-order chi connectivity index (χ0) is 41.4. The summed E-state index contributed by atoms with van der Waals surface area (Å²) in [6, 6.07) is 67.9. The van der Waals surface area contributed by atoms with Crippen molar-refractivity contribution < 1.29 is 8.83 Å². The molecule has 0 spiro atoms. The third-order valence-corrected chi connectivity index (χ3v) is 12.6. The summed E-state index contributed by atoms with van der Waals surface area (Å²) in [5.74, 6) is 0. The van der Waals surface area contributed by atoms with Crippen molar-refractivity contribution in [1.29, 1.82) is 0 Å². The highest BCUT2D eigenvalue weighted by atomic mass is 16.3. The van der Waals surface area contributed by atoms with Crippen molar-refractivity contribution in [2.45, 2.75) is 0 Å². The summed E-state index contributed by atoms with van der Waals surface area (Å²) in [5, 5.41) is 6.76. The molecular formula is C58H35N3O2. The minimum Gasteiger partial charge on any atom is -0.454 e. The highest BCUT2D eigenvalue weighted by Gasteiger charge is 2.16. The Hall–Kier alpha value is -8.54. The van der Waals surface area contributed by atoms with Crippen LogP contribution >= 0.6 is 0 Å². The number of hydrogen-bond acceptors (Lipinski definition) is 4. The van der Waals surface area contributed by atoms with Crippen molar-refractivity contribution in [3.63, 3.8) is 0 Å². The van der Waals surface area contributed by atoms with E-state index in [2.05, 4.69) is 190 Å². The Morgan fingerprint density at radius 1 is 0.286 bits per heavy atom. The van der Waals surface area contributed by atoms with Gasteiger partial charge in [0, 0.05) is 50.4 Å². The molecule has 0 saturated heterocycles. The summed E-state index contributed by atoms with van der Waals surface area (Å²) in [5.41, 5.74) is 18.4. The smallest absolute Gasteiger partial charge is 0.153 e. The number of para-hydroxylation sites is 1. The monoisotopic (exact) mass is 805 g/mol. The lowest BCUT2D eigenvalue weighted by Gasteiger charge is -2.10.